The van der Waals surface area contributed by atoms with E-state index in [0.29, 0.717) is 0 Å². The zero-order valence-corrected chi connectivity index (χ0v) is 5.88. The summed E-state index contributed by atoms with van der Waals surface area (Å²) in [6.45, 7) is 0. The average molecular weight is 123 g/mol. The molecule has 2 aliphatic rings. The van der Waals surface area contributed by atoms with E-state index in [1.54, 1.807) is 0 Å². The standard InChI is InChI=1S/C8H13N/c1-9-7-3-2-4-8(9)6-5-7/h2-3,7-8H,4-6H2,1H3/t7-,8+/m0/s1. The quantitative estimate of drug-likeness (QED) is 0.440. The van der Waals surface area contributed by atoms with E-state index in [-0.39, 0.29) is 0 Å². The Kier molecular flexibility index (Phi) is 1.12. The first kappa shape index (κ1) is 5.48. The molecular formula is C8H13N. The molecule has 2 rings (SSSR count). The number of likely N-dealkylation sites (N-methyl/N-ethyl adjacent to an activating group) is 1. The predicted octanol–water partition coefficient (Wildman–Crippen LogP) is 1.41. The number of rotatable bonds is 0. The van der Waals surface area contributed by atoms with Crippen molar-refractivity contribution in [1.82, 2.24) is 4.90 Å². The zero-order valence-electron chi connectivity index (χ0n) is 5.88. The van der Waals surface area contributed by atoms with Gasteiger partial charge in [0.1, 0.15) is 0 Å². The van der Waals surface area contributed by atoms with E-state index in [4.69, 9.17) is 0 Å². The van der Waals surface area contributed by atoms with Crippen LogP contribution in [0.4, 0.5) is 0 Å². The minimum absolute atomic E-state index is 0.781. The first-order valence-electron chi connectivity index (χ1n) is 3.76. The van der Waals surface area contributed by atoms with Gasteiger partial charge in [0.15, 0.2) is 0 Å². The lowest BCUT2D eigenvalue weighted by atomic mass is 10.1. The molecule has 0 unspecified atom stereocenters. The van der Waals surface area contributed by atoms with Crippen LogP contribution in [0.15, 0.2) is 12.2 Å². The topological polar surface area (TPSA) is 3.24 Å². The molecule has 0 aromatic rings. The molecule has 2 heterocycles. The van der Waals surface area contributed by atoms with Crippen LogP contribution in [0.2, 0.25) is 0 Å². The Morgan fingerprint density at radius 3 is 3.00 bits per heavy atom. The summed E-state index contributed by atoms with van der Waals surface area (Å²) in [4.78, 5) is 2.50. The first-order valence-corrected chi connectivity index (χ1v) is 3.76. The minimum Gasteiger partial charge on any atom is -0.297 e. The Morgan fingerprint density at radius 2 is 2.33 bits per heavy atom. The lowest BCUT2D eigenvalue weighted by molar-refractivity contribution is 0.260. The van der Waals surface area contributed by atoms with Gasteiger partial charge in [0.05, 0.1) is 0 Å². The van der Waals surface area contributed by atoms with Crippen molar-refractivity contribution in [3.63, 3.8) is 0 Å². The van der Waals surface area contributed by atoms with Crippen LogP contribution in [0.3, 0.4) is 0 Å². The molecule has 1 fully saturated rings. The van der Waals surface area contributed by atoms with Crippen molar-refractivity contribution in [2.45, 2.75) is 31.3 Å². The fourth-order valence-electron chi connectivity index (χ4n) is 1.95. The van der Waals surface area contributed by atoms with Crippen LogP contribution in [-0.2, 0) is 0 Å². The van der Waals surface area contributed by atoms with Gasteiger partial charge in [-0.3, -0.25) is 4.90 Å². The molecule has 0 radical (unpaired) electrons. The molecule has 2 atom stereocenters. The van der Waals surface area contributed by atoms with Gasteiger partial charge in [0.25, 0.3) is 0 Å². The van der Waals surface area contributed by atoms with Crippen LogP contribution >= 0.6 is 0 Å². The maximum atomic E-state index is 2.50. The molecule has 2 bridgehead atoms. The summed E-state index contributed by atoms with van der Waals surface area (Å²) < 4.78 is 0. The van der Waals surface area contributed by atoms with Gasteiger partial charge in [-0.1, -0.05) is 12.2 Å². The lowest BCUT2D eigenvalue weighted by Gasteiger charge is -2.26. The summed E-state index contributed by atoms with van der Waals surface area (Å²) >= 11 is 0. The van der Waals surface area contributed by atoms with Gasteiger partial charge in [-0.15, -0.1) is 0 Å². The highest BCUT2D eigenvalue weighted by atomic mass is 15.2. The van der Waals surface area contributed by atoms with E-state index in [0.717, 1.165) is 12.1 Å². The monoisotopic (exact) mass is 123 g/mol. The molecular weight excluding hydrogens is 110 g/mol. The number of nitrogens with zero attached hydrogens (tertiary/aromatic N) is 1. The molecule has 0 aromatic carbocycles. The Bertz CT molecular complexity index is 140. The first-order chi connectivity index (χ1) is 4.38. The second-order valence-corrected chi connectivity index (χ2v) is 3.13. The predicted molar refractivity (Wildman–Crippen MR) is 38.3 cm³/mol. The normalized spacial score (nSPS) is 41.9. The molecule has 0 saturated carbocycles. The number of hydrogen-bond donors (Lipinski definition) is 0. The molecule has 1 nitrogen and oxygen atoms in total. The summed E-state index contributed by atoms with van der Waals surface area (Å²) in [6.07, 6.45) is 8.77. The fraction of sp³-hybridized carbons (Fsp3) is 0.750. The summed E-state index contributed by atoms with van der Waals surface area (Å²) in [5.74, 6) is 0. The summed E-state index contributed by atoms with van der Waals surface area (Å²) in [6, 6.07) is 1.66. The third-order valence-electron chi connectivity index (χ3n) is 2.66. The maximum absolute atomic E-state index is 2.50. The summed E-state index contributed by atoms with van der Waals surface area (Å²) in [7, 11) is 2.24. The molecule has 0 aromatic heterocycles. The van der Waals surface area contributed by atoms with E-state index in [1.165, 1.54) is 19.3 Å². The Morgan fingerprint density at radius 1 is 1.44 bits per heavy atom. The van der Waals surface area contributed by atoms with Crippen LogP contribution in [0.5, 0.6) is 0 Å². The average Bonchev–Trinajstić information content (AvgIpc) is 2.19. The summed E-state index contributed by atoms with van der Waals surface area (Å²) in [5, 5.41) is 0. The van der Waals surface area contributed by atoms with E-state index in [9.17, 15) is 0 Å². The van der Waals surface area contributed by atoms with E-state index in [2.05, 4.69) is 24.1 Å². The van der Waals surface area contributed by atoms with Crippen LogP contribution in [0, 0.1) is 0 Å². The highest BCUT2D eigenvalue weighted by Crippen LogP contribution is 2.29. The Labute approximate surface area is 56.4 Å². The van der Waals surface area contributed by atoms with Crippen molar-refractivity contribution in [2.75, 3.05) is 7.05 Å². The fourth-order valence-corrected chi connectivity index (χ4v) is 1.95. The van der Waals surface area contributed by atoms with Gasteiger partial charge in [-0.2, -0.15) is 0 Å². The van der Waals surface area contributed by atoms with Crippen molar-refractivity contribution in [2.24, 2.45) is 0 Å². The molecule has 0 amide bonds. The molecule has 0 N–H and O–H groups in total. The van der Waals surface area contributed by atoms with Gasteiger partial charge >= 0.3 is 0 Å². The second kappa shape index (κ2) is 1.84. The van der Waals surface area contributed by atoms with Crippen LogP contribution in [0.1, 0.15) is 19.3 Å². The Balaban J connectivity index is 2.22. The molecule has 50 valence electrons. The van der Waals surface area contributed by atoms with Crippen molar-refractivity contribution in [3.8, 4) is 0 Å². The lowest BCUT2D eigenvalue weighted by Crippen LogP contribution is -2.33. The van der Waals surface area contributed by atoms with Gasteiger partial charge in [-0.05, 0) is 26.3 Å². The smallest absolute Gasteiger partial charge is 0.0278 e. The van der Waals surface area contributed by atoms with Gasteiger partial charge in [-0.25, -0.2) is 0 Å². The summed E-state index contributed by atoms with van der Waals surface area (Å²) in [5.41, 5.74) is 0. The van der Waals surface area contributed by atoms with Crippen LogP contribution < -0.4 is 0 Å². The molecule has 0 aliphatic carbocycles. The molecule has 9 heavy (non-hydrogen) atoms. The van der Waals surface area contributed by atoms with Gasteiger partial charge in [0.2, 0.25) is 0 Å². The third kappa shape index (κ3) is 0.715. The second-order valence-electron chi connectivity index (χ2n) is 3.13. The molecule has 0 spiro atoms. The molecule has 1 saturated heterocycles. The third-order valence-corrected chi connectivity index (χ3v) is 2.66. The zero-order chi connectivity index (χ0) is 6.27. The maximum Gasteiger partial charge on any atom is 0.0278 e. The molecule has 1 heteroatoms. The number of fused-ring (bicyclic) bond motifs is 2. The van der Waals surface area contributed by atoms with Gasteiger partial charge < -0.3 is 0 Å². The van der Waals surface area contributed by atoms with Crippen molar-refractivity contribution in [1.29, 1.82) is 0 Å². The largest absolute Gasteiger partial charge is 0.297 e. The highest BCUT2D eigenvalue weighted by molar-refractivity contribution is 5.06. The SMILES string of the molecule is CN1[C@@H]2CC=C[C@H]1CC2. The van der Waals surface area contributed by atoms with E-state index in [1.807, 2.05) is 0 Å². The highest BCUT2D eigenvalue weighted by Gasteiger charge is 2.29. The van der Waals surface area contributed by atoms with Crippen molar-refractivity contribution in [3.05, 3.63) is 12.2 Å². The van der Waals surface area contributed by atoms with Gasteiger partial charge in [0, 0.05) is 12.1 Å². The van der Waals surface area contributed by atoms with Crippen molar-refractivity contribution < 1.29 is 0 Å². The molecule has 2 aliphatic heterocycles. The van der Waals surface area contributed by atoms with Crippen molar-refractivity contribution >= 4 is 0 Å². The van der Waals surface area contributed by atoms with Crippen LogP contribution in [0.25, 0.3) is 0 Å². The minimum atomic E-state index is 0.781. The van der Waals surface area contributed by atoms with E-state index < -0.39 is 0 Å². The van der Waals surface area contributed by atoms with E-state index >= 15 is 0 Å². The number of hydrogen-bond acceptors (Lipinski definition) is 1. The Hall–Kier alpha value is -0.300. The van der Waals surface area contributed by atoms with Crippen LogP contribution in [-0.4, -0.2) is 24.0 Å².